The van der Waals surface area contributed by atoms with Crippen molar-refractivity contribution in [2.45, 2.75) is 37.6 Å². The molecular formula is C13H12F3N3O. The maximum absolute atomic E-state index is 13.1. The number of hydrogen-bond donors (Lipinski definition) is 1. The highest BCUT2D eigenvalue weighted by Crippen LogP contribution is 2.45. The Hall–Kier alpha value is -1.92. The number of aromatic nitrogens is 2. The lowest BCUT2D eigenvalue weighted by atomic mass is 9.76. The van der Waals surface area contributed by atoms with Crippen molar-refractivity contribution in [2.75, 3.05) is 0 Å². The molecule has 0 aromatic carbocycles. The van der Waals surface area contributed by atoms with Crippen molar-refractivity contribution in [1.29, 1.82) is 0 Å². The summed E-state index contributed by atoms with van der Waals surface area (Å²) in [4.78, 5) is 12.2. The predicted molar refractivity (Wildman–Crippen MR) is 64.5 cm³/mol. The van der Waals surface area contributed by atoms with Gasteiger partial charge in [-0.2, -0.15) is 13.2 Å². The first-order valence-corrected chi connectivity index (χ1v) is 6.49. The fourth-order valence-electron chi connectivity index (χ4n) is 2.92. The molecule has 0 saturated heterocycles. The number of halogens is 3. The van der Waals surface area contributed by atoms with Crippen molar-refractivity contribution >= 4 is 5.91 Å². The Morgan fingerprint density at radius 2 is 2.05 bits per heavy atom. The molecule has 0 radical (unpaired) electrons. The summed E-state index contributed by atoms with van der Waals surface area (Å²) in [6, 6.07) is 3.36. The van der Waals surface area contributed by atoms with Gasteiger partial charge in [-0.25, -0.2) is 0 Å². The van der Waals surface area contributed by atoms with E-state index in [9.17, 15) is 18.0 Å². The molecule has 1 N–H and O–H groups in total. The van der Waals surface area contributed by atoms with Crippen LogP contribution >= 0.6 is 0 Å². The molecule has 20 heavy (non-hydrogen) atoms. The van der Waals surface area contributed by atoms with Crippen LogP contribution in [0.25, 0.3) is 11.3 Å². The molecule has 0 aromatic rings. The van der Waals surface area contributed by atoms with Crippen LogP contribution in [0.5, 0.6) is 0 Å². The standard InChI is InChI=1S/C13H12F3N3O/c14-13(15,16)12(4-1-5-12)17-11(20)8-2-3-10-9(8)6-18-7-19(10)18/h2-3,6H,1,4-5,7H2,(H,17,20). The summed E-state index contributed by atoms with van der Waals surface area (Å²) in [5.41, 5.74) is -0.103. The fourth-order valence-corrected chi connectivity index (χ4v) is 2.92. The number of carbonyl (C=O) groups is 1. The SMILES string of the molecule is O=C(NC1(C(F)(F)F)CCC1)c1ccc2n3n(cc1-2)C3. The molecule has 4 nitrogen and oxygen atoms in total. The highest BCUT2D eigenvalue weighted by atomic mass is 19.4. The molecule has 7 heteroatoms. The van der Waals surface area contributed by atoms with E-state index in [4.69, 9.17) is 0 Å². The monoisotopic (exact) mass is 283 g/mol. The van der Waals surface area contributed by atoms with Crippen molar-refractivity contribution < 1.29 is 18.0 Å². The summed E-state index contributed by atoms with van der Waals surface area (Å²) in [6.07, 6.45) is -2.17. The first-order chi connectivity index (χ1) is 9.41. The first kappa shape index (κ1) is 11.9. The number of fused-ring (bicyclic) bond motifs is 3. The van der Waals surface area contributed by atoms with Gasteiger partial charge in [-0.15, -0.1) is 0 Å². The highest BCUT2D eigenvalue weighted by Gasteiger charge is 2.59. The first-order valence-electron chi connectivity index (χ1n) is 6.49. The molecule has 0 spiro atoms. The summed E-state index contributed by atoms with van der Waals surface area (Å²) >= 11 is 0. The molecule has 2 aliphatic heterocycles. The molecule has 2 heterocycles. The zero-order valence-corrected chi connectivity index (χ0v) is 10.5. The van der Waals surface area contributed by atoms with Crippen LogP contribution in [0.2, 0.25) is 0 Å². The molecule has 0 atom stereocenters. The zero-order chi connectivity index (χ0) is 14.1. The summed E-state index contributed by atoms with van der Waals surface area (Å²) in [5.74, 6) is -0.636. The summed E-state index contributed by atoms with van der Waals surface area (Å²) in [6.45, 7) is 0.782. The van der Waals surface area contributed by atoms with E-state index < -0.39 is 17.6 Å². The number of nitrogens with zero attached hydrogens (tertiary/aromatic N) is 2. The molecule has 4 rings (SSSR count). The molecule has 0 bridgehead atoms. The Balaban J connectivity index is 1.62. The molecule has 2 aliphatic carbocycles. The van der Waals surface area contributed by atoms with E-state index in [2.05, 4.69) is 5.32 Å². The van der Waals surface area contributed by atoms with Gasteiger partial charge in [-0.1, -0.05) is 0 Å². The highest BCUT2D eigenvalue weighted by molar-refractivity contribution is 6.02. The number of nitrogens with one attached hydrogen (secondary N) is 1. The third-order valence-electron chi connectivity index (χ3n) is 4.38. The molecular weight excluding hydrogens is 271 g/mol. The van der Waals surface area contributed by atoms with E-state index >= 15 is 0 Å². The number of alkyl halides is 3. The second-order valence-electron chi connectivity index (χ2n) is 5.54. The molecule has 0 unspecified atom stereocenters. The van der Waals surface area contributed by atoms with Gasteiger partial charge in [-0.05, 0) is 31.4 Å². The van der Waals surface area contributed by atoms with Crippen LogP contribution in [-0.4, -0.2) is 27.0 Å². The number of amides is 1. The van der Waals surface area contributed by atoms with Crippen LogP contribution in [0, 0.1) is 0 Å². The topological polar surface area (TPSA) is 39.0 Å². The molecule has 1 saturated carbocycles. The van der Waals surface area contributed by atoms with Gasteiger partial charge in [0.25, 0.3) is 5.91 Å². The van der Waals surface area contributed by atoms with Crippen molar-refractivity contribution in [3.8, 4) is 11.3 Å². The van der Waals surface area contributed by atoms with Gasteiger partial charge in [-0.3, -0.25) is 14.2 Å². The van der Waals surface area contributed by atoms with Gasteiger partial charge in [0.15, 0.2) is 0 Å². The van der Waals surface area contributed by atoms with E-state index in [1.807, 2.05) is 9.36 Å². The maximum atomic E-state index is 13.1. The maximum Gasteiger partial charge on any atom is 0.411 e. The van der Waals surface area contributed by atoms with Crippen molar-refractivity contribution in [2.24, 2.45) is 0 Å². The molecule has 0 aromatic heterocycles. The Labute approximate surface area is 112 Å². The lowest BCUT2D eigenvalue weighted by Crippen LogP contribution is -2.63. The minimum atomic E-state index is -4.39. The summed E-state index contributed by atoms with van der Waals surface area (Å²) < 4.78 is 43.0. The second kappa shape index (κ2) is 3.39. The molecule has 106 valence electrons. The van der Waals surface area contributed by atoms with E-state index in [0.717, 1.165) is 12.4 Å². The largest absolute Gasteiger partial charge is 0.411 e. The van der Waals surface area contributed by atoms with Crippen molar-refractivity contribution in [1.82, 2.24) is 14.7 Å². The number of hydrogen-bond acceptors (Lipinski definition) is 1. The number of rotatable bonds is 2. The van der Waals surface area contributed by atoms with Gasteiger partial charge >= 0.3 is 6.18 Å². The van der Waals surface area contributed by atoms with Crippen molar-refractivity contribution in [3.63, 3.8) is 0 Å². The quantitative estimate of drug-likeness (QED) is 0.771. The molecule has 1 fully saturated rings. The molecule has 4 aliphatic rings. The van der Waals surface area contributed by atoms with E-state index in [1.54, 1.807) is 18.3 Å². The van der Waals surface area contributed by atoms with Crippen LogP contribution in [0.15, 0.2) is 18.3 Å². The van der Waals surface area contributed by atoms with Crippen LogP contribution < -0.4 is 5.32 Å². The minimum Gasteiger partial charge on any atom is -0.338 e. The lowest BCUT2D eigenvalue weighted by Gasteiger charge is -2.43. The predicted octanol–water partition coefficient (Wildman–Crippen LogP) is 2.43. The fraction of sp³-hybridized carbons (Fsp3) is 0.462. The smallest absolute Gasteiger partial charge is 0.338 e. The Morgan fingerprint density at radius 1 is 1.30 bits per heavy atom. The van der Waals surface area contributed by atoms with Crippen LogP contribution in [0.4, 0.5) is 13.2 Å². The zero-order valence-electron chi connectivity index (χ0n) is 10.5. The van der Waals surface area contributed by atoms with E-state index in [0.29, 0.717) is 17.5 Å². The van der Waals surface area contributed by atoms with Gasteiger partial charge in [0, 0.05) is 11.8 Å². The van der Waals surface area contributed by atoms with E-state index in [-0.39, 0.29) is 12.8 Å². The Morgan fingerprint density at radius 3 is 2.65 bits per heavy atom. The Bertz CT molecular complexity index is 678. The van der Waals surface area contributed by atoms with Crippen molar-refractivity contribution in [3.05, 3.63) is 23.9 Å². The summed E-state index contributed by atoms with van der Waals surface area (Å²) in [5, 5.41) is 2.21. The van der Waals surface area contributed by atoms with Gasteiger partial charge in [0.05, 0.1) is 11.3 Å². The summed E-state index contributed by atoms with van der Waals surface area (Å²) in [7, 11) is 0. The number of carbonyl (C=O) groups excluding carboxylic acids is 1. The van der Waals surface area contributed by atoms with Gasteiger partial charge in [0.2, 0.25) is 0 Å². The molecule has 1 amide bonds. The van der Waals surface area contributed by atoms with Crippen LogP contribution in [0.3, 0.4) is 0 Å². The third kappa shape index (κ3) is 1.40. The van der Waals surface area contributed by atoms with Gasteiger partial charge in [0.1, 0.15) is 12.2 Å². The third-order valence-corrected chi connectivity index (χ3v) is 4.38. The Kier molecular flexibility index (Phi) is 2.01. The van der Waals surface area contributed by atoms with Crippen LogP contribution in [-0.2, 0) is 6.67 Å². The second-order valence-corrected chi connectivity index (χ2v) is 5.54. The average molecular weight is 283 g/mol. The van der Waals surface area contributed by atoms with E-state index in [1.165, 1.54) is 0 Å². The van der Waals surface area contributed by atoms with Gasteiger partial charge < -0.3 is 5.32 Å². The average Bonchev–Trinajstić information content (AvgIpc) is 2.79. The lowest BCUT2D eigenvalue weighted by molar-refractivity contribution is -0.215. The van der Waals surface area contributed by atoms with Crippen LogP contribution in [0.1, 0.15) is 29.6 Å². The normalized spacial score (nSPS) is 19.6. The minimum absolute atomic E-state index is 0.0346.